The molecule has 2 aromatic heterocycles. The number of rotatable bonds is 9. The molecule has 3 amide bonds. The number of aromatic nitrogens is 3. The number of hydrogen-bond donors (Lipinski definition) is 2. The number of carbonyl (C=O) groups excluding carboxylic acids is 3. The van der Waals surface area contributed by atoms with Crippen molar-refractivity contribution in [1.82, 2.24) is 25.2 Å². The summed E-state index contributed by atoms with van der Waals surface area (Å²) in [6.45, 7) is 3.04. The highest BCUT2D eigenvalue weighted by Crippen LogP contribution is 2.29. The second-order valence-corrected chi connectivity index (χ2v) is 11.6. The van der Waals surface area contributed by atoms with E-state index in [-0.39, 0.29) is 30.6 Å². The summed E-state index contributed by atoms with van der Waals surface area (Å²) in [7, 11) is 0. The number of benzene rings is 1. The van der Waals surface area contributed by atoms with Gasteiger partial charge in [0.2, 0.25) is 11.8 Å². The number of imide groups is 1. The van der Waals surface area contributed by atoms with E-state index < -0.39 is 6.04 Å². The number of anilines is 1. The summed E-state index contributed by atoms with van der Waals surface area (Å²) in [6, 6.07) is 9.46. The molecule has 39 heavy (non-hydrogen) atoms. The first-order valence-electron chi connectivity index (χ1n) is 13.6. The molecule has 3 aliphatic rings. The van der Waals surface area contributed by atoms with E-state index in [1.54, 1.807) is 6.20 Å². The van der Waals surface area contributed by atoms with Gasteiger partial charge in [0.15, 0.2) is 0 Å². The van der Waals surface area contributed by atoms with Gasteiger partial charge in [0.25, 0.3) is 5.91 Å². The summed E-state index contributed by atoms with van der Waals surface area (Å²) in [4.78, 5) is 39.6. The van der Waals surface area contributed by atoms with Crippen LogP contribution in [0.25, 0.3) is 11.3 Å². The minimum absolute atomic E-state index is 0.0823. The lowest BCUT2D eigenvalue weighted by Crippen LogP contribution is -2.41. The highest BCUT2D eigenvalue weighted by Gasteiger charge is 2.30. The lowest BCUT2D eigenvalue weighted by atomic mass is 10.1. The number of carbonyl (C=O) groups is 3. The number of hydrogen-bond acceptors (Lipinski definition) is 8. The smallest absolute Gasteiger partial charge is 0.251 e. The predicted molar refractivity (Wildman–Crippen MR) is 146 cm³/mol. The average molecular weight is 549 g/mol. The topological polar surface area (TPSA) is 118 Å². The van der Waals surface area contributed by atoms with Gasteiger partial charge >= 0.3 is 0 Å². The third kappa shape index (κ3) is 6.60. The third-order valence-electron chi connectivity index (χ3n) is 7.41. The maximum absolute atomic E-state index is 12.7. The van der Waals surface area contributed by atoms with Gasteiger partial charge in [-0.05, 0) is 55.9 Å². The third-order valence-corrected chi connectivity index (χ3v) is 8.35. The molecule has 1 atom stereocenters. The van der Waals surface area contributed by atoms with Crippen molar-refractivity contribution in [1.29, 1.82) is 0 Å². The fraction of sp³-hybridized carbons (Fsp3) is 0.464. The Balaban J connectivity index is 0.976. The Labute approximate surface area is 230 Å². The Morgan fingerprint density at radius 3 is 2.59 bits per heavy atom. The maximum Gasteiger partial charge on any atom is 0.251 e. The first-order chi connectivity index (χ1) is 19.0. The van der Waals surface area contributed by atoms with Crippen molar-refractivity contribution in [2.45, 2.75) is 69.7 Å². The normalized spacial score (nSPS) is 20.7. The lowest BCUT2D eigenvalue weighted by Gasteiger charge is -2.32. The summed E-state index contributed by atoms with van der Waals surface area (Å²) in [5.41, 5.74) is 3.48. The van der Waals surface area contributed by atoms with Gasteiger partial charge in [-0.15, -0.1) is 16.4 Å². The first kappa shape index (κ1) is 25.8. The molecule has 0 bridgehead atoms. The fourth-order valence-electron chi connectivity index (χ4n) is 5.10. The summed E-state index contributed by atoms with van der Waals surface area (Å²) < 4.78 is 7.55. The lowest BCUT2D eigenvalue weighted by molar-refractivity contribution is -0.136. The average Bonchev–Trinajstić information content (AvgIpc) is 3.39. The van der Waals surface area contributed by atoms with Crippen molar-refractivity contribution in [3.05, 3.63) is 52.3 Å². The first-order valence-corrected chi connectivity index (χ1v) is 14.5. The molecular weight excluding hydrogens is 516 g/mol. The molecule has 11 heteroatoms. The van der Waals surface area contributed by atoms with Crippen LogP contribution in [-0.2, 0) is 32.1 Å². The highest BCUT2D eigenvalue weighted by atomic mass is 32.1. The molecule has 2 aliphatic heterocycles. The van der Waals surface area contributed by atoms with E-state index in [9.17, 15) is 14.4 Å². The van der Waals surface area contributed by atoms with Crippen LogP contribution in [0.15, 0.2) is 41.9 Å². The van der Waals surface area contributed by atoms with Crippen LogP contribution >= 0.6 is 11.3 Å². The van der Waals surface area contributed by atoms with Crippen molar-refractivity contribution in [2.75, 3.05) is 18.4 Å². The number of amides is 3. The van der Waals surface area contributed by atoms with Crippen molar-refractivity contribution in [3.8, 4) is 11.3 Å². The molecule has 6 rings (SSSR count). The van der Waals surface area contributed by atoms with Crippen LogP contribution in [0.4, 0.5) is 5.69 Å². The van der Waals surface area contributed by atoms with E-state index in [1.807, 2.05) is 23.6 Å². The Bertz CT molecular complexity index is 1340. The molecule has 2 saturated heterocycles. The molecular formula is C28H32N6O4S. The van der Waals surface area contributed by atoms with Crippen LogP contribution in [-0.4, -0.2) is 62.9 Å². The molecule has 4 heterocycles. The Hall–Kier alpha value is -3.41. The Kier molecular flexibility index (Phi) is 7.53. The van der Waals surface area contributed by atoms with Crippen molar-refractivity contribution >= 4 is 34.7 Å². The second-order valence-electron chi connectivity index (χ2n) is 10.6. The van der Waals surface area contributed by atoms with Gasteiger partial charge in [-0.2, -0.15) is 0 Å². The van der Waals surface area contributed by atoms with E-state index in [1.165, 1.54) is 34.4 Å². The van der Waals surface area contributed by atoms with Gasteiger partial charge in [-0.25, -0.2) is 4.68 Å². The number of likely N-dealkylation sites (tertiary alicyclic amines) is 1. The molecule has 1 saturated carbocycles. The zero-order valence-electron chi connectivity index (χ0n) is 21.7. The van der Waals surface area contributed by atoms with Crippen LogP contribution < -0.4 is 10.6 Å². The highest BCUT2D eigenvalue weighted by molar-refractivity contribution is 7.10. The van der Waals surface area contributed by atoms with Gasteiger partial charge in [-0.3, -0.25) is 24.6 Å². The Morgan fingerprint density at radius 2 is 1.85 bits per heavy atom. The van der Waals surface area contributed by atoms with Crippen LogP contribution in [0.3, 0.4) is 0 Å². The molecule has 3 aromatic rings. The summed E-state index contributed by atoms with van der Waals surface area (Å²) in [5, 5.41) is 15.5. The molecule has 204 valence electrons. The van der Waals surface area contributed by atoms with Crippen molar-refractivity contribution in [2.24, 2.45) is 0 Å². The number of nitrogens with zero attached hydrogens (tertiary/aromatic N) is 4. The van der Waals surface area contributed by atoms with Gasteiger partial charge < -0.3 is 10.1 Å². The van der Waals surface area contributed by atoms with Crippen molar-refractivity contribution in [3.63, 3.8) is 0 Å². The van der Waals surface area contributed by atoms with Crippen molar-refractivity contribution < 1.29 is 19.1 Å². The van der Waals surface area contributed by atoms with E-state index >= 15 is 0 Å². The van der Waals surface area contributed by atoms with Crippen LogP contribution in [0, 0.1) is 0 Å². The molecule has 1 unspecified atom stereocenters. The van der Waals surface area contributed by atoms with E-state index in [2.05, 4.69) is 38.0 Å². The standard InChI is InChI=1S/C28H32N6O4S/c35-26-8-7-25(28(37)30-26)34-16-24(31-32-34)19-13-23(39-17-19)14-27(36)29-20-3-1-18(2-4-20)15-33-11-9-22(10-12-33)38-21-5-6-21/h1-4,13,16-17,21-22,25H,5-12,14-15H2,(H,29,36)(H,30,35,37). The predicted octanol–water partition coefficient (Wildman–Crippen LogP) is 3.31. The monoisotopic (exact) mass is 548 g/mol. The summed E-state index contributed by atoms with van der Waals surface area (Å²) in [5.74, 6) is -0.711. The Morgan fingerprint density at radius 1 is 1.08 bits per heavy atom. The van der Waals surface area contributed by atoms with Crippen LogP contribution in [0.5, 0.6) is 0 Å². The zero-order valence-corrected chi connectivity index (χ0v) is 22.5. The van der Waals surface area contributed by atoms with Gasteiger partial charge in [0.05, 0.1) is 24.8 Å². The quantitative estimate of drug-likeness (QED) is 0.394. The van der Waals surface area contributed by atoms with E-state index in [0.29, 0.717) is 24.3 Å². The fourth-order valence-corrected chi connectivity index (χ4v) is 5.97. The number of thiophene rings is 1. The maximum atomic E-state index is 12.7. The van der Waals surface area contributed by atoms with Crippen LogP contribution in [0.2, 0.25) is 0 Å². The second kappa shape index (κ2) is 11.4. The van der Waals surface area contributed by atoms with Gasteiger partial charge in [0.1, 0.15) is 11.7 Å². The molecule has 2 N–H and O–H groups in total. The minimum atomic E-state index is -0.544. The number of piperidine rings is 2. The molecule has 1 aliphatic carbocycles. The van der Waals surface area contributed by atoms with Crippen LogP contribution in [0.1, 0.15) is 55.0 Å². The molecule has 3 fully saturated rings. The molecule has 0 radical (unpaired) electrons. The van der Waals surface area contributed by atoms with E-state index in [0.717, 1.165) is 48.6 Å². The van der Waals surface area contributed by atoms with Gasteiger partial charge in [0, 0.05) is 47.6 Å². The summed E-state index contributed by atoms with van der Waals surface area (Å²) >= 11 is 1.48. The zero-order chi connectivity index (χ0) is 26.8. The largest absolute Gasteiger partial charge is 0.375 e. The summed E-state index contributed by atoms with van der Waals surface area (Å²) in [6.07, 6.45) is 8.27. The SMILES string of the molecule is O=C1CCC(n2cc(-c3csc(CC(=O)Nc4ccc(CN5CCC(OC6CC6)CC5)cc4)c3)nn2)C(=O)N1. The van der Waals surface area contributed by atoms with E-state index in [4.69, 9.17) is 4.74 Å². The molecule has 1 aromatic carbocycles. The van der Waals surface area contributed by atoms with Gasteiger partial charge in [-0.1, -0.05) is 17.3 Å². The number of nitrogens with one attached hydrogen (secondary N) is 2. The molecule has 10 nitrogen and oxygen atoms in total. The molecule has 0 spiro atoms. The number of ether oxygens (including phenoxy) is 1. The minimum Gasteiger partial charge on any atom is -0.375 e.